The molecule has 0 heterocycles. The third-order valence-electron chi connectivity index (χ3n) is 3.54. The molecule has 0 saturated heterocycles. The zero-order chi connectivity index (χ0) is 12.2. The number of aliphatic hydroxyl groups is 1. The Morgan fingerprint density at radius 2 is 1.88 bits per heavy atom. The quantitative estimate of drug-likeness (QED) is 0.694. The van der Waals surface area contributed by atoms with Gasteiger partial charge in [0, 0.05) is 0 Å². The van der Waals surface area contributed by atoms with Crippen LogP contribution < -0.4 is 0 Å². The molecule has 0 aromatic rings. The Morgan fingerprint density at radius 1 is 1.31 bits per heavy atom. The molecule has 0 amide bonds. The highest BCUT2D eigenvalue weighted by molar-refractivity contribution is 5.12. The van der Waals surface area contributed by atoms with E-state index in [0.29, 0.717) is 17.9 Å². The van der Waals surface area contributed by atoms with Crippen LogP contribution >= 0.6 is 0 Å². The number of hydrogen-bond donors (Lipinski definition) is 1. The molecule has 1 N–H and O–H groups in total. The summed E-state index contributed by atoms with van der Waals surface area (Å²) in [6, 6.07) is 0. The molecule has 1 saturated carbocycles. The van der Waals surface area contributed by atoms with E-state index in [-0.39, 0.29) is 0 Å². The van der Waals surface area contributed by atoms with Gasteiger partial charge in [0.2, 0.25) is 0 Å². The van der Waals surface area contributed by atoms with E-state index < -0.39 is 5.60 Å². The summed E-state index contributed by atoms with van der Waals surface area (Å²) >= 11 is 0. The lowest BCUT2D eigenvalue weighted by molar-refractivity contribution is 0.0205. The minimum absolute atomic E-state index is 0.342. The summed E-state index contributed by atoms with van der Waals surface area (Å²) in [4.78, 5) is 0. The van der Waals surface area contributed by atoms with Crippen LogP contribution in [0, 0.1) is 23.4 Å². The molecule has 0 radical (unpaired) electrons. The summed E-state index contributed by atoms with van der Waals surface area (Å²) in [5.41, 5.74) is -0.467. The van der Waals surface area contributed by atoms with Gasteiger partial charge in [0.15, 0.2) is 0 Å². The fourth-order valence-electron chi connectivity index (χ4n) is 2.29. The molecular weight excluding hydrogens is 200 g/mol. The molecule has 0 atom stereocenters. The van der Waals surface area contributed by atoms with E-state index in [9.17, 15) is 5.11 Å². The highest BCUT2D eigenvalue weighted by Gasteiger charge is 2.36. The Labute approximate surface area is 99.4 Å². The Kier molecular flexibility index (Phi) is 4.27. The standard InChI is InChI=1S/C14H24O2/c1-5-16-11-10-14(15)8-6-12(7-9-14)13(2,3)4/h12,15H,5-9H2,1-4H3. The van der Waals surface area contributed by atoms with Crippen LogP contribution in [0.2, 0.25) is 0 Å². The van der Waals surface area contributed by atoms with E-state index in [4.69, 9.17) is 4.74 Å². The maximum Gasteiger partial charge on any atom is 0.128 e. The molecule has 0 aliphatic heterocycles. The minimum Gasteiger partial charge on any atom is -0.447 e. The lowest BCUT2D eigenvalue weighted by Gasteiger charge is -2.38. The van der Waals surface area contributed by atoms with Gasteiger partial charge in [-0.1, -0.05) is 20.8 Å². The minimum atomic E-state index is -0.809. The van der Waals surface area contributed by atoms with Gasteiger partial charge in [0.25, 0.3) is 0 Å². The van der Waals surface area contributed by atoms with Crippen LogP contribution in [0.1, 0.15) is 53.4 Å². The first-order valence-corrected chi connectivity index (χ1v) is 6.24. The van der Waals surface area contributed by atoms with E-state index in [0.717, 1.165) is 25.7 Å². The first-order chi connectivity index (χ1) is 7.37. The Hall–Kier alpha value is -0.680. The van der Waals surface area contributed by atoms with Crippen LogP contribution in [-0.2, 0) is 4.74 Å². The summed E-state index contributed by atoms with van der Waals surface area (Å²) in [7, 11) is 0. The van der Waals surface area contributed by atoms with Crippen molar-refractivity contribution in [3.63, 3.8) is 0 Å². The Bertz CT molecular complexity index is 269. The van der Waals surface area contributed by atoms with Crippen molar-refractivity contribution >= 4 is 0 Å². The van der Waals surface area contributed by atoms with Crippen molar-refractivity contribution in [3.8, 4) is 12.0 Å². The van der Waals surface area contributed by atoms with Crippen LogP contribution in [0.15, 0.2) is 0 Å². The number of ether oxygens (including phenoxy) is 1. The molecule has 16 heavy (non-hydrogen) atoms. The normalized spacial score (nSPS) is 30.4. The molecule has 2 heteroatoms. The molecule has 0 bridgehead atoms. The molecule has 1 aliphatic rings. The second kappa shape index (κ2) is 5.10. The summed E-state index contributed by atoms with van der Waals surface area (Å²) in [6.45, 7) is 9.29. The van der Waals surface area contributed by atoms with E-state index >= 15 is 0 Å². The zero-order valence-electron chi connectivity index (χ0n) is 11.0. The summed E-state index contributed by atoms with van der Waals surface area (Å²) in [5.74, 6) is 3.55. The summed E-state index contributed by atoms with van der Waals surface area (Å²) < 4.78 is 4.97. The molecule has 0 unspecified atom stereocenters. The van der Waals surface area contributed by atoms with Gasteiger partial charge in [0.05, 0.1) is 6.61 Å². The van der Waals surface area contributed by atoms with Gasteiger partial charge >= 0.3 is 0 Å². The van der Waals surface area contributed by atoms with Gasteiger partial charge in [-0.3, -0.25) is 0 Å². The second-order valence-corrected chi connectivity index (χ2v) is 5.83. The molecule has 1 aliphatic carbocycles. The first kappa shape index (κ1) is 13.4. The number of hydrogen-bond acceptors (Lipinski definition) is 2. The van der Waals surface area contributed by atoms with Crippen LogP contribution in [0.5, 0.6) is 0 Å². The van der Waals surface area contributed by atoms with Crippen molar-refractivity contribution in [2.24, 2.45) is 11.3 Å². The highest BCUT2D eigenvalue weighted by Crippen LogP contribution is 2.41. The molecule has 1 rings (SSSR count). The van der Waals surface area contributed by atoms with Crippen molar-refractivity contribution in [2.45, 2.75) is 59.0 Å². The van der Waals surface area contributed by atoms with Crippen molar-refractivity contribution in [3.05, 3.63) is 0 Å². The van der Waals surface area contributed by atoms with Crippen molar-refractivity contribution in [1.82, 2.24) is 0 Å². The van der Waals surface area contributed by atoms with Gasteiger partial charge in [-0.2, -0.15) is 0 Å². The lowest BCUT2D eigenvalue weighted by Crippen LogP contribution is -2.36. The fourth-order valence-corrected chi connectivity index (χ4v) is 2.29. The van der Waals surface area contributed by atoms with Crippen LogP contribution in [0.25, 0.3) is 0 Å². The van der Waals surface area contributed by atoms with E-state index in [1.807, 2.05) is 6.92 Å². The van der Waals surface area contributed by atoms with Gasteiger partial charge in [-0.05, 0) is 49.9 Å². The van der Waals surface area contributed by atoms with Crippen molar-refractivity contribution in [2.75, 3.05) is 6.61 Å². The molecule has 0 aromatic carbocycles. The largest absolute Gasteiger partial charge is 0.447 e. The van der Waals surface area contributed by atoms with Crippen molar-refractivity contribution < 1.29 is 9.84 Å². The fraction of sp³-hybridized carbons (Fsp3) is 0.857. The summed E-state index contributed by atoms with van der Waals surface area (Å²) in [6.07, 6.45) is 6.26. The molecule has 92 valence electrons. The van der Waals surface area contributed by atoms with E-state index in [2.05, 4.69) is 32.8 Å². The Morgan fingerprint density at radius 3 is 2.31 bits per heavy atom. The third kappa shape index (κ3) is 3.72. The molecule has 0 aromatic heterocycles. The number of rotatable bonds is 1. The SMILES string of the molecule is CCOC#CC1(O)CCC(C(C)(C)C)CC1. The maximum absolute atomic E-state index is 10.2. The Balaban J connectivity index is 2.51. The topological polar surface area (TPSA) is 29.5 Å². The average molecular weight is 224 g/mol. The maximum atomic E-state index is 10.2. The molecular formula is C14H24O2. The predicted molar refractivity (Wildman–Crippen MR) is 65.8 cm³/mol. The lowest BCUT2D eigenvalue weighted by atomic mass is 9.68. The monoisotopic (exact) mass is 224 g/mol. The van der Waals surface area contributed by atoms with Gasteiger partial charge < -0.3 is 9.84 Å². The molecule has 0 spiro atoms. The predicted octanol–water partition coefficient (Wildman–Crippen LogP) is 2.95. The van der Waals surface area contributed by atoms with Gasteiger partial charge in [-0.25, -0.2) is 0 Å². The smallest absolute Gasteiger partial charge is 0.128 e. The molecule has 2 nitrogen and oxygen atoms in total. The van der Waals surface area contributed by atoms with E-state index in [1.54, 1.807) is 0 Å². The zero-order valence-corrected chi connectivity index (χ0v) is 11.0. The van der Waals surface area contributed by atoms with Crippen LogP contribution in [0.3, 0.4) is 0 Å². The van der Waals surface area contributed by atoms with Crippen LogP contribution in [-0.4, -0.2) is 17.3 Å². The van der Waals surface area contributed by atoms with Gasteiger partial charge in [0.1, 0.15) is 11.7 Å². The first-order valence-electron chi connectivity index (χ1n) is 6.24. The second-order valence-electron chi connectivity index (χ2n) is 5.83. The third-order valence-corrected chi connectivity index (χ3v) is 3.54. The average Bonchev–Trinajstić information content (AvgIpc) is 2.17. The molecule has 1 fully saturated rings. The van der Waals surface area contributed by atoms with Crippen molar-refractivity contribution in [1.29, 1.82) is 0 Å². The van der Waals surface area contributed by atoms with Crippen LogP contribution in [0.4, 0.5) is 0 Å². The van der Waals surface area contributed by atoms with Gasteiger partial charge in [-0.15, -0.1) is 0 Å². The summed E-state index contributed by atoms with van der Waals surface area (Å²) in [5, 5.41) is 10.2. The highest BCUT2D eigenvalue weighted by atomic mass is 16.5. The van der Waals surface area contributed by atoms with E-state index in [1.165, 1.54) is 0 Å².